The quantitative estimate of drug-likeness (QED) is 0.927. The van der Waals surface area contributed by atoms with E-state index in [1.807, 2.05) is 37.3 Å². The van der Waals surface area contributed by atoms with Crippen LogP contribution in [0.1, 0.15) is 21.5 Å². The smallest absolute Gasteiger partial charge is 0.257 e. The number of carbonyl (C=O) groups excluding carboxylic acids is 1. The molecule has 0 unspecified atom stereocenters. The Bertz CT molecular complexity index is 593. The van der Waals surface area contributed by atoms with E-state index in [1.54, 1.807) is 30.1 Å². The molecule has 0 aliphatic heterocycles. The number of rotatable bonds is 4. The largest absolute Gasteiger partial charge is 0.507 e. The van der Waals surface area contributed by atoms with Gasteiger partial charge >= 0.3 is 0 Å². The molecule has 1 amide bonds. The number of carbonyl (C=O) groups is 1. The lowest BCUT2D eigenvalue weighted by molar-refractivity contribution is 0.0793. The van der Waals surface area contributed by atoms with E-state index in [1.165, 1.54) is 5.56 Å². The Labute approximate surface area is 119 Å². The van der Waals surface area contributed by atoms with Crippen LogP contribution in [0.5, 0.6) is 5.75 Å². The molecule has 2 rings (SSSR count). The van der Waals surface area contributed by atoms with Crippen molar-refractivity contribution in [3.63, 3.8) is 0 Å². The second-order valence-corrected chi connectivity index (χ2v) is 4.98. The molecule has 0 saturated heterocycles. The van der Waals surface area contributed by atoms with Crippen LogP contribution in [-0.4, -0.2) is 29.5 Å². The summed E-state index contributed by atoms with van der Waals surface area (Å²) in [6.45, 7) is 2.52. The minimum Gasteiger partial charge on any atom is -0.507 e. The fourth-order valence-electron chi connectivity index (χ4n) is 2.07. The number of amides is 1. The average molecular weight is 269 g/mol. The van der Waals surface area contributed by atoms with E-state index in [2.05, 4.69) is 0 Å². The van der Waals surface area contributed by atoms with Crippen molar-refractivity contribution in [1.29, 1.82) is 0 Å². The van der Waals surface area contributed by atoms with Gasteiger partial charge in [-0.2, -0.15) is 0 Å². The van der Waals surface area contributed by atoms with Gasteiger partial charge in [0.2, 0.25) is 0 Å². The Kier molecular flexibility index (Phi) is 4.41. The third-order valence-electron chi connectivity index (χ3n) is 3.31. The lowest BCUT2D eigenvalue weighted by atomic mass is 10.1. The molecular weight excluding hydrogens is 250 g/mol. The van der Waals surface area contributed by atoms with Crippen LogP contribution in [0.15, 0.2) is 48.5 Å². The maximum atomic E-state index is 12.3. The second-order valence-electron chi connectivity index (χ2n) is 4.98. The molecule has 2 aromatic rings. The number of benzene rings is 2. The van der Waals surface area contributed by atoms with Crippen molar-refractivity contribution >= 4 is 5.91 Å². The minimum absolute atomic E-state index is 0.0344. The second kappa shape index (κ2) is 6.24. The summed E-state index contributed by atoms with van der Waals surface area (Å²) in [6, 6.07) is 15.1. The zero-order valence-corrected chi connectivity index (χ0v) is 11.8. The van der Waals surface area contributed by atoms with Crippen LogP contribution in [-0.2, 0) is 6.42 Å². The predicted octanol–water partition coefficient (Wildman–Crippen LogP) is 3.02. The van der Waals surface area contributed by atoms with E-state index in [0.717, 1.165) is 12.0 Å². The Balaban J connectivity index is 2.03. The van der Waals surface area contributed by atoms with Crippen molar-refractivity contribution in [2.45, 2.75) is 13.3 Å². The van der Waals surface area contributed by atoms with Crippen molar-refractivity contribution in [2.24, 2.45) is 0 Å². The number of aryl methyl sites for hydroxylation is 1. The molecule has 3 nitrogen and oxygen atoms in total. The predicted molar refractivity (Wildman–Crippen MR) is 80.0 cm³/mol. The van der Waals surface area contributed by atoms with Crippen molar-refractivity contribution in [3.05, 3.63) is 65.2 Å². The molecule has 2 aromatic carbocycles. The van der Waals surface area contributed by atoms with Crippen LogP contribution >= 0.6 is 0 Å². The molecule has 0 aromatic heterocycles. The Morgan fingerprint density at radius 3 is 2.55 bits per heavy atom. The van der Waals surface area contributed by atoms with Crippen molar-refractivity contribution in [1.82, 2.24) is 4.90 Å². The van der Waals surface area contributed by atoms with Gasteiger partial charge in [-0.1, -0.05) is 42.0 Å². The van der Waals surface area contributed by atoms with E-state index in [4.69, 9.17) is 0 Å². The Morgan fingerprint density at radius 1 is 1.15 bits per heavy atom. The molecule has 0 atom stereocenters. The van der Waals surface area contributed by atoms with E-state index in [9.17, 15) is 9.90 Å². The summed E-state index contributed by atoms with van der Waals surface area (Å²) in [6.07, 6.45) is 0.801. The maximum absolute atomic E-state index is 12.3. The fraction of sp³-hybridized carbons (Fsp3) is 0.235. The highest BCUT2D eigenvalue weighted by Crippen LogP contribution is 2.19. The van der Waals surface area contributed by atoms with Crippen LogP contribution in [0.25, 0.3) is 0 Å². The summed E-state index contributed by atoms with van der Waals surface area (Å²) < 4.78 is 0. The summed E-state index contributed by atoms with van der Waals surface area (Å²) in [5, 5.41) is 9.79. The first-order valence-corrected chi connectivity index (χ1v) is 6.67. The molecule has 0 bridgehead atoms. The third kappa shape index (κ3) is 3.38. The number of likely N-dealkylation sites (N-methyl/N-ethyl adjacent to an activating group) is 1. The molecular formula is C17H19NO2. The highest BCUT2D eigenvalue weighted by Gasteiger charge is 2.15. The molecule has 0 fully saturated rings. The zero-order chi connectivity index (χ0) is 14.5. The molecule has 0 aliphatic carbocycles. The summed E-state index contributed by atoms with van der Waals surface area (Å²) in [5.41, 5.74) is 2.52. The summed E-state index contributed by atoms with van der Waals surface area (Å²) in [7, 11) is 1.76. The highest BCUT2D eigenvalue weighted by molar-refractivity contribution is 5.96. The number of nitrogens with zero attached hydrogens (tertiary/aromatic N) is 1. The van der Waals surface area contributed by atoms with Gasteiger partial charge in [0.05, 0.1) is 5.56 Å². The third-order valence-corrected chi connectivity index (χ3v) is 3.31. The van der Waals surface area contributed by atoms with Crippen LogP contribution in [0.3, 0.4) is 0 Å². The monoisotopic (exact) mass is 269 g/mol. The normalized spacial score (nSPS) is 10.3. The first-order valence-electron chi connectivity index (χ1n) is 6.67. The van der Waals surface area contributed by atoms with Crippen molar-refractivity contribution in [3.8, 4) is 5.75 Å². The molecule has 0 heterocycles. The van der Waals surface area contributed by atoms with Gasteiger partial charge in [0.15, 0.2) is 0 Å². The van der Waals surface area contributed by atoms with E-state index in [0.29, 0.717) is 12.1 Å². The van der Waals surface area contributed by atoms with E-state index < -0.39 is 0 Å². The summed E-state index contributed by atoms with van der Waals surface area (Å²) in [5.74, 6) is -0.116. The van der Waals surface area contributed by atoms with E-state index in [-0.39, 0.29) is 11.7 Å². The topological polar surface area (TPSA) is 40.5 Å². The Hall–Kier alpha value is -2.29. The first-order chi connectivity index (χ1) is 9.58. The summed E-state index contributed by atoms with van der Waals surface area (Å²) >= 11 is 0. The molecule has 0 radical (unpaired) electrons. The van der Waals surface area contributed by atoms with Gasteiger partial charge in [0, 0.05) is 13.6 Å². The van der Waals surface area contributed by atoms with Crippen molar-refractivity contribution in [2.75, 3.05) is 13.6 Å². The molecule has 1 N–H and O–H groups in total. The number of aromatic hydroxyl groups is 1. The minimum atomic E-state index is -0.151. The van der Waals surface area contributed by atoms with Gasteiger partial charge in [-0.05, 0) is 31.0 Å². The van der Waals surface area contributed by atoms with Crippen LogP contribution < -0.4 is 0 Å². The molecule has 104 valence electrons. The van der Waals surface area contributed by atoms with Crippen LogP contribution in [0.2, 0.25) is 0 Å². The standard InChI is InChI=1S/C17H19NO2/c1-13-8-9-16(19)15(12-13)17(20)18(2)11-10-14-6-4-3-5-7-14/h3-9,12,19H,10-11H2,1-2H3. The van der Waals surface area contributed by atoms with Gasteiger partial charge in [-0.15, -0.1) is 0 Å². The molecule has 3 heteroatoms. The van der Waals surface area contributed by atoms with E-state index >= 15 is 0 Å². The molecule has 0 saturated carbocycles. The number of hydrogen-bond acceptors (Lipinski definition) is 2. The number of phenolic OH excluding ortho intramolecular Hbond substituents is 1. The highest BCUT2D eigenvalue weighted by atomic mass is 16.3. The fourth-order valence-corrected chi connectivity index (χ4v) is 2.07. The molecule has 0 aliphatic rings. The Morgan fingerprint density at radius 2 is 1.85 bits per heavy atom. The van der Waals surface area contributed by atoms with Gasteiger partial charge in [-0.25, -0.2) is 0 Å². The average Bonchev–Trinajstić information content (AvgIpc) is 2.47. The van der Waals surface area contributed by atoms with Crippen LogP contribution in [0.4, 0.5) is 0 Å². The zero-order valence-electron chi connectivity index (χ0n) is 11.8. The SMILES string of the molecule is Cc1ccc(O)c(C(=O)N(C)CCc2ccccc2)c1. The molecule has 0 spiro atoms. The first kappa shape index (κ1) is 14.1. The van der Waals surface area contributed by atoms with Gasteiger partial charge < -0.3 is 10.0 Å². The van der Waals surface area contributed by atoms with Gasteiger partial charge in [0.1, 0.15) is 5.75 Å². The lowest BCUT2D eigenvalue weighted by Gasteiger charge is -2.18. The maximum Gasteiger partial charge on any atom is 0.257 e. The summed E-state index contributed by atoms with van der Waals surface area (Å²) in [4.78, 5) is 13.9. The molecule has 20 heavy (non-hydrogen) atoms. The van der Waals surface area contributed by atoms with Gasteiger partial charge in [-0.3, -0.25) is 4.79 Å². The number of phenols is 1. The lowest BCUT2D eigenvalue weighted by Crippen LogP contribution is -2.29. The van der Waals surface area contributed by atoms with Crippen LogP contribution in [0, 0.1) is 6.92 Å². The number of hydrogen-bond donors (Lipinski definition) is 1. The van der Waals surface area contributed by atoms with Gasteiger partial charge in [0.25, 0.3) is 5.91 Å². The van der Waals surface area contributed by atoms with Crippen molar-refractivity contribution < 1.29 is 9.90 Å².